The molecular formula is C13H23N4O5+. The second kappa shape index (κ2) is 6.69. The molecule has 1 aromatic rings. The largest absolute Gasteiger partial charge is 0.458 e. The molecule has 0 saturated carbocycles. The minimum Gasteiger partial charge on any atom is -0.458 e. The molecule has 1 aromatic heterocycles. The van der Waals surface area contributed by atoms with Crippen molar-refractivity contribution in [1.29, 1.82) is 0 Å². The summed E-state index contributed by atoms with van der Waals surface area (Å²) in [5.41, 5.74) is 3.73. The fourth-order valence-corrected chi connectivity index (χ4v) is 2.11. The number of ether oxygens (including phenoxy) is 2. The number of rotatable bonds is 5. The van der Waals surface area contributed by atoms with E-state index < -0.39 is 36.6 Å². The monoisotopic (exact) mass is 315 g/mol. The first kappa shape index (κ1) is 16.8. The number of carbonyl (C=O) groups is 1. The van der Waals surface area contributed by atoms with E-state index in [1.54, 1.807) is 6.92 Å². The molecule has 22 heavy (non-hydrogen) atoms. The molecule has 1 fully saturated rings. The van der Waals surface area contributed by atoms with Gasteiger partial charge in [0.25, 0.3) is 0 Å². The predicted molar refractivity (Wildman–Crippen MR) is 73.2 cm³/mol. The third-order valence-electron chi connectivity index (χ3n) is 3.72. The van der Waals surface area contributed by atoms with Gasteiger partial charge in [0, 0.05) is 5.92 Å². The normalized spacial score (nSPS) is 29.8. The highest BCUT2D eigenvalue weighted by Gasteiger charge is 2.45. The van der Waals surface area contributed by atoms with Gasteiger partial charge in [-0.05, 0) is 6.92 Å². The quantitative estimate of drug-likeness (QED) is 0.536. The van der Waals surface area contributed by atoms with Crippen molar-refractivity contribution >= 4 is 5.97 Å². The van der Waals surface area contributed by atoms with Gasteiger partial charge in [-0.3, -0.25) is 0 Å². The average Bonchev–Trinajstić information content (AvgIpc) is 3.01. The number of hydrogen-bond donors (Lipinski definition) is 3. The summed E-state index contributed by atoms with van der Waals surface area (Å²) in [6.45, 7) is 5.28. The number of aromatic nitrogens is 3. The Balaban J connectivity index is 1.94. The van der Waals surface area contributed by atoms with E-state index in [4.69, 9.17) is 9.47 Å². The molecule has 2 heterocycles. The van der Waals surface area contributed by atoms with Crippen molar-refractivity contribution in [2.24, 2.45) is 5.92 Å². The molecule has 2 rings (SSSR count). The minimum absolute atomic E-state index is 0.0541. The summed E-state index contributed by atoms with van der Waals surface area (Å²) in [5.74, 6) is 0.121. The Morgan fingerprint density at radius 2 is 2.18 bits per heavy atom. The van der Waals surface area contributed by atoms with Gasteiger partial charge < -0.3 is 25.4 Å². The Morgan fingerprint density at radius 3 is 2.73 bits per heavy atom. The van der Waals surface area contributed by atoms with Gasteiger partial charge in [0.15, 0.2) is 12.3 Å². The molecule has 124 valence electrons. The summed E-state index contributed by atoms with van der Waals surface area (Å²) >= 11 is 0. The minimum atomic E-state index is -1.18. The fraction of sp³-hybridized carbons (Fsp3) is 0.769. The number of quaternary nitrogens is 1. The molecule has 0 aliphatic carbocycles. The van der Waals surface area contributed by atoms with Crippen LogP contribution >= 0.6 is 0 Å². The standard InChI is InChI=1S/C13H22N4O5/c1-6(2)9(14)13(20)21-4-8-10(18)11(19)12(22-8)17-5-15-7(3)16-17/h5-6,8-12,18-19H,4,14H2,1-3H3/p+1/t8-,9-,10-,11-,12-/m0/s1. The third-order valence-corrected chi connectivity index (χ3v) is 3.72. The molecule has 1 saturated heterocycles. The lowest BCUT2D eigenvalue weighted by molar-refractivity contribution is -0.418. The molecule has 0 unspecified atom stereocenters. The van der Waals surface area contributed by atoms with Gasteiger partial charge in [0.1, 0.15) is 37.1 Å². The highest BCUT2D eigenvalue weighted by atomic mass is 16.6. The van der Waals surface area contributed by atoms with Gasteiger partial charge in [-0.25, -0.2) is 14.5 Å². The van der Waals surface area contributed by atoms with E-state index in [1.165, 1.54) is 11.0 Å². The molecule has 5 N–H and O–H groups in total. The molecule has 1 aliphatic heterocycles. The van der Waals surface area contributed by atoms with Crippen molar-refractivity contribution in [3.05, 3.63) is 12.2 Å². The Hall–Kier alpha value is -1.55. The predicted octanol–water partition coefficient (Wildman–Crippen LogP) is -1.98. The van der Waals surface area contributed by atoms with E-state index in [-0.39, 0.29) is 12.5 Å². The van der Waals surface area contributed by atoms with Crippen LogP contribution in [0.4, 0.5) is 0 Å². The number of nitrogens with zero attached hydrogens (tertiary/aromatic N) is 3. The summed E-state index contributed by atoms with van der Waals surface area (Å²) in [6, 6.07) is -0.489. The molecule has 0 aromatic carbocycles. The van der Waals surface area contributed by atoms with Crippen LogP contribution in [0.5, 0.6) is 0 Å². The van der Waals surface area contributed by atoms with Crippen LogP contribution in [0.1, 0.15) is 25.9 Å². The van der Waals surface area contributed by atoms with Crippen LogP contribution in [0.3, 0.4) is 0 Å². The maximum atomic E-state index is 11.8. The maximum Gasteiger partial charge on any atom is 0.365 e. The Kier molecular flexibility index (Phi) is 5.12. The van der Waals surface area contributed by atoms with Crippen LogP contribution in [0.25, 0.3) is 0 Å². The van der Waals surface area contributed by atoms with Crippen LogP contribution in [-0.2, 0) is 14.3 Å². The maximum absolute atomic E-state index is 11.8. The molecular weight excluding hydrogens is 292 g/mol. The van der Waals surface area contributed by atoms with E-state index in [0.29, 0.717) is 5.82 Å². The van der Waals surface area contributed by atoms with E-state index in [2.05, 4.69) is 15.8 Å². The van der Waals surface area contributed by atoms with Crippen LogP contribution in [0.15, 0.2) is 6.33 Å². The molecule has 9 heteroatoms. The fourth-order valence-electron chi connectivity index (χ4n) is 2.11. The third kappa shape index (κ3) is 3.43. The van der Waals surface area contributed by atoms with Crippen molar-refractivity contribution in [1.82, 2.24) is 14.8 Å². The van der Waals surface area contributed by atoms with Crippen molar-refractivity contribution in [3.63, 3.8) is 0 Å². The van der Waals surface area contributed by atoms with Gasteiger partial charge in [0.2, 0.25) is 0 Å². The number of hydrogen-bond acceptors (Lipinski definition) is 7. The smallest absolute Gasteiger partial charge is 0.365 e. The first-order valence-corrected chi connectivity index (χ1v) is 7.20. The number of aliphatic hydroxyl groups excluding tert-OH is 2. The van der Waals surface area contributed by atoms with Crippen molar-refractivity contribution < 1.29 is 30.2 Å². The average molecular weight is 315 g/mol. The van der Waals surface area contributed by atoms with Gasteiger partial charge in [-0.1, -0.05) is 13.8 Å². The highest BCUT2D eigenvalue weighted by Crippen LogP contribution is 2.28. The summed E-state index contributed by atoms with van der Waals surface area (Å²) in [4.78, 5) is 15.7. The number of esters is 1. The summed E-state index contributed by atoms with van der Waals surface area (Å²) in [6.07, 6.45) is -2.63. The lowest BCUT2D eigenvalue weighted by Crippen LogP contribution is -2.68. The van der Waals surface area contributed by atoms with Crippen molar-refractivity contribution in [2.75, 3.05) is 6.61 Å². The zero-order chi connectivity index (χ0) is 16.4. The Morgan fingerprint density at radius 1 is 1.50 bits per heavy atom. The number of aliphatic hydroxyl groups is 2. The van der Waals surface area contributed by atoms with Gasteiger partial charge >= 0.3 is 5.97 Å². The van der Waals surface area contributed by atoms with Crippen LogP contribution in [0.2, 0.25) is 0 Å². The topological polar surface area (TPSA) is 134 Å². The van der Waals surface area contributed by atoms with E-state index in [1.807, 2.05) is 13.8 Å². The zero-order valence-electron chi connectivity index (χ0n) is 12.9. The molecule has 0 radical (unpaired) electrons. The Labute approximate surface area is 128 Å². The zero-order valence-corrected chi connectivity index (χ0v) is 12.9. The van der Waals surface area contributed by atoms with E-state index >= 15 is 0 Å². The summed E-state index contributed by atoms with van der Waals surface area (Å²) in [7, 11) is 0. The number of aryl methyl sites for hydroxylation is 1. The van der Waals surface area contributed by atoms with Crippen LogP contribution in [0, 0.1) is 12.8 Å². The summed E-state index contributed by atoms with van der Waals surface area (Å²) < 4.78 is 12.0. The SMILES string of the molecule is Cc1ncn([C@H]2O[C@@H](COC(=O)[C@@H]([NH3+])C(C)C)[C@H](O)[C@@H]2O)n1. The number of carbonyl (C=O) groups excluding carboxylic acids is 1. The first-order chi connectivity index (χ1) is 10.3. The second-order valence-electron chi connectivity index (χ2n) is 5.80. The van der Waals surface area contributed by atoms with Crippen molar-refractivity contribution in [3.8, 4) is 0 Å². The highest BCUT2D eigenvalue weighted by molar-refractivity contribution is 5.74. The van der Waals surface area contributed by atoms with Crippen LogP contribution < -0.4 is 5.73 Å². The molecule has 9 nitrogen and oxygen atoms in total. The molecule has 0 bridgehead atoms. The van der Waals surface area contributed by atoms with Gasteiger partial charge in [-0.2, -0.15) is 5.10 Å². The lowest BCUT2D eigenvalue weighted by atomic mass is 10.1. The van der Waals surface area contributed by atoms with Crippen LogP contribution in [-0.4, -0.2) is 61.9 Å². The van der Waals surface area contributed by atoms with Gasteiger partial charge in [0.05, 0.1) is 0 Å². The molecule has 1 aliphatic rings. The van der Waals surface area contributed by atoms with Gasteiger partial charge in [-0.15, -0.1) is 0 Å². The molecule has 0 spiro atoms. The molecule has 0 amide bonds. The Bertz CT molecular complexity index is 520. The van der Waals surface area contributed by atoms with Crippen molar-refractivity contribution in [2.45, 2.75) is 51.4 Å². The lowest BCUT2D eigenvalue weighted by Gasteiger charge is -2.16. The van der Waals surface area contributed by atoms with E-state index in [0.717, 1.165) is 0 Å². The summed E-state index contributed by atoms with van der Waals surface area (Å²) in [5, 5.41) is 24.1. The molecule has 5 atom stereocenters. The van der Waals surface area contributed by atoms with E-state index in [9.17, 15) is 15.0 Å². The second-order valence-corrected chi connectivity index (χ2v) is 5.80. The first-order valence-electron chi connectivity index (χ1n) is 7.20.